The van der Waals surface area contributed by atoms with Crippen LogP contribution in [0.1, 0.15) is 29.7 Å². The van der Waals surface area contributed by atoms with Gasteiger partial charge in [-0.1, -0.05) is 36.2 Å². The first-order valence-corrected chi connectivity index (χ1v) is 11.0. The van der Waals surface area contributed by atoms with Crippen LogP contribution in [0.25, 0.3) is 0 Å². The second kappa shape index (κ2) is 15.4. The van der Waals surface area contributed by atoms with Gasteiger partial charge < -0.3 is 26.4 Å². The second-order valence-corrected chi connectivity index (χ2v) is 8.35. The minimum atomic E-state index is -0.458. The van der Waals surface area contributed by atoms with Gasteiger partial charge in [0, 0.05) is 29.0 Å². The number of fused-ring (bicyclic) bond motifs is 1. The van der Waals surface area contributed by atoms with Crippen molar-refractivity contribution >= 4 is 41.2 Å². The molecule has 5 N–H and O–H groups in total. The molecule has 1 aliphatic heterocycles. The van der Waals surface area contributed by atoms with E-state index in [0.29, 0.717) is 35.0 Å². The Bertz CT molecular complexity index is 983. The molecule has 1 aliphatic rings. The van der Waals surface area contributed by atoms with Crippen LogP contribution in [-0.4, -0.2) is 48.1 Å². The van der Waals surface area contributed by atoms with E-state index in [4.69, 9.17) is 34.0 Å². The minimum absolute atomic E-state index is 0. The van der Waals surface area contributed by atoms with Crippen LogP contribution >= 0.6 is 23.2 Å². The molecule has 2 unspecified atom stereocenters. The fraction of sp³-hybridized carbons (Fsp3) is 0.348. The van der Waals surface area contributed by atoms with Crippen LogP contribution in [0.4, 0.5) is 10.1 Å². The van der Waals surface area contributed by atoms with Gasteiger partial charge in [0.2, 0.25) is 5.91 Å². The Balaban J connectivity index is 0.000000556. The van der Waals surface area contributed by atoms with E-state index in [0.717, 1.165) is 11.1 Å². The van der Waals surface area contributed by atoms with E-state index in [1.165, 1.54) is 18.7 Å². The predicted molar refractivity (Wildman–Crippen MR) is 127 cm³/mol. The second-order valence-electron chi connectivity index (χ2n) is 7.50. The van der Waals surface area contributed by atoms with Crippen LogP contribution in [-0.2, 0) is 16.0 Å². The molecule has 0 bridgehead atoms. The summed E-state index contributed by atoms with van der Waals surface area (Å²) < 4.78 is 13.9. The quantitative estimate of drug-likeness (QED) is 0.227. The molecule has 0 aromatic heterocycles. The molecule has 2 atom stereocenters. The first-order chi connectivity index (χ1) is 15.7. The van der Waals surface area contributed by atoms with Crippen molar-refractivity contribution in [2.45, 2.75) is 32.4 Å². The van der Waals surface area contributed by atoms with Crippen molar-refractivity contribution < 1.29 is 70.5 Å². The molecule has 0 radical (unpaired) electrons. The van der Waals surface area contributed by atoms with Gasteiger partial charge in [-0.05, 0) is 42.3 Å². The topological polar surface area (TPSA) is 108 Å². The third-order valence-electron chi connectivity index (χ3n) is 5.07. The summed E-state index contributed by atoms with van der Waals surface area (Å²) in [5.74, 6) is -0.497. The average molecular weight is 536 g/mol. The van der Waals surface area contributed by atoms with Gasteiger partial charge in [0.1, 0.15) is 0 Å². The summed E-state index contributed by atoms with van der Waals surface area (Å²) in [7, 11) is 0. The average Bonchev–Trinajstić information content (AvgIpc) is 2.76. The van der Waals surface area contributed by atoms with Gasteiger partial charge in [0.15, 0.2) is 6.41 Å². The Labute approximate surface area is 252 Å². The molecule has 2 amide bonds. The Morgan fingerprint density at radius 3 is 2.76 bits per heavy atom. The summed E-state index contributed by atoms with van der Waals surface area (Å²) in [4.78, 5) is 23.9. The summed E-state index contributed by atoms with van der Waals surface area (Å²) in [6.07, 6.45) is 1.19. The van der Waals surface area contributed by atoms with E-state index in [9.17, 15) is 14.0 Å². The first kappa shape index (κ1) is 31.3. The van der Waals surface area contributed by atoms with Crippen molar-refractivity contribution in [3.63, 3.8) is 0 Å². The fourth-order valence-electron chi connectivity index (χ4n) is 3.43. The molecule has 0 aliphatic carbocycles. The molecule has 2 aromatic rings. The van der Waals surface area contributed by atoms with Crippen LogP contribution in [0.5, 0.6) is 0 Å². The zero-order valence-corrected chi connectivity index (χ0v) is 24.0. The number of carbonyl (C=O) groups excluding carboxylic acids is 2. The van der Waals surface area contributed by atoms with Crippen molar-refractivity contribution in [1.29, 1.82) is 0 Å². The normalized spacial score (nSPS) is 15.1. The third-order valence-corrected chi connectivity index (χ3v) is 5.60. The molecule has 11 heteroatoms. The van der Waals surface area contributed by atoms with E-state index in [2.05, 4.69) is 16.7 Å². The van der Waals surface area contributed by atoms with Gasteiger partial charge in [0.05, 0.1) is 12.6 Å². The van der Waals surface area contributed by atoms with E-state index < -0.39 is 11.9 Å². The predicted octanol–water partition coefficient (Wildman–Crippen LogP) is 0.0167. The number of rotatable bonds is 7. The number of carbonyl (C=O) groups is 2. The van der Waals surface area contributed by atoms with E-state index in [-0.39, 0.29) is 82.2 Å². The van der Waals surface area contributed by atoms with Crippen LogP contribution in [0.15, 0.2) is 24.3 Å². The molecule has 0 saturated carbocycles. The number of hydrogen-bond donors (Lipinski definition) is 4. The summed E-state index contributed by atoms with van der Waals surface area (Å²) in [5.41, 5.74) is 8.12. The number of aliphatic hydroxyl groups is 1. The number of amides is 2. The molecule has 7 nitrogen and oxygen atoms in total. The maximum atomic E-state index is 13.9. The smallest absolute Gasteiger partial charge is 0.507 e. The van der Waals surface area contributed by atoms with Gasteiger partial charge in [-0.2, -0.15) is 17.7 Å². The standard InChI is InChI=1S/C19H18Cl2FN2O.C4H9N2O2.K/c1-11-3-4-17(16(22)7-11)23-10-18(25)24-6-5-13-8-14(20)9-15(21)19(13)12(24)2;5-4(2-7)1-6-3-8;/h4,7-9,12,23H,5-6,10H2,1-2H3;1,3-4,7H,2,5H2,(H,6,8);/q2*-1;+1. The SMILES string of the molecule is Cc1[c-]cc(NCC(=O)N2CCc3cc(Cl)cc(Cl)c3C2C)c(F)c1.NC([CH-]NC=O)CO.[K+]. The molecular formula is C23H27Cl2FKN4O3-. The van der Waals surface area contributed by atoms with Crippen molar-refractivity contribution in [2.24, 2.45) is 5.73 Å². The van der Waals surface area contributed by atoms with Gasteiger partial charge in [0.25, 0.3) is 0 Å². The number of hydrogen-bond acceptors (Lipinski definition) is 5. The van der Waals surface area contributed by atoms with E-state index in [1.54, 1.807) is 17.9 Å². The Hall–Kier alpha value is -0.754. The fourth-order valence-corrected chi connectivity index (χ4v) is 4.13. The third kappa shape index (κ3) is 9.04. The molecule has 1 heterocycles. The maximum absolute atomic E-state index is 13.9. The van der Waals surface area contributed by atoms with Crippen molar-refractivity contribution in [3.8, 4) is 0 Å². The van der Waals surface area contributed by atoms with Crippen LogP contribution in [0.3, 0.4) is 0 Å². The molecule has 34 heavy (non-hydrogen) atoms. The number of benzene rings is 2. The van der Waals surface area contributed by atoms with Crippen molar-refractivity contribution in [1.82, 2.24) is 10.2 Å². The van der Waals surface area contributed by atoms with Crippen LogP contribution in [0.2, 0.25) is 10.0 Å². The first-order valence-electron chi connectivity index (χ1n) is 10.3. The molecule has 0 saturated heterocycles. The maximum Gasteiger partial charge on any atom is 1.00 e. The Morgan fingerprint density at radius 2 is 2.15 bits per heavy atom. The number of aryl methyl sites for hydroxylation is 1. The number of aliphatic hydroxyl groups excluding tert-OH is 1. The number of halogens is 3. The Kier molecular flexibility index (Phi) is 14.1. The number of anilines is 1. The molecule has 0 fully saturated rings. The Morgan fingerprint density at radius 1 is 1.44 bits per heavy atom. The van der Waals surface area contributed by atoms with Gasteiger partial charge in [-0.25, -0.2) is 10.9 Å². The van der Waals surface area contributed by atoms with Gasteiger partial charge in [-0.15, -0.1) is 6.07 Å². The number of nitrogens with one attached hydrogen (secondary N) is 2. The van der Waals surface area contributed by atoms with Crippen molar-refractivity contribution in [3.05, 3.63) is 69.4 Å². The van der Waals surface area contributed by atoms with Crippen LogP contribution < -0.4 is 67.8 Å². The zero-order valence-electron chi connectivity index (χ0n) is 19.4. The molecule has 3 rings (SSSR count). The molecule has 180 valence electrons. The monoisotopic (exact) mass is 535 g/mol. The van der Waals surface area contributed by atoms with Crippen molar-refractivity contribution in [2.75, 3.05) is 25.0 Å². The summed E-state index contributed by atoms with van der Waals surface area (Å²) in [5, 5.41) is 14.5. The van der Waals surface area contributed by atoms with Gasteiger partial charge >= 0.3 is 51.4 Å². The van der Waals surface area contributed by atoms with E-state index >= 15 is 0 Å². The molecule has 2 aromatic carbocycles. The zero-order chi connectivity index (χ0) is 24.5. The summed E-state index contributed by atoms with van der Waals surface area (Å²) >= 11 is 12.4. The molecular weight excluding hydrogens is 509 g/mol. The number of nitrogens with two attached hydrogens (primary N) is 1. The minimum Gasteiger partial charge on any atom is -0.507 e. The summed E-state index contributed by atoms with van der Waals surface area (Å²) in [6, 6.07) is 8.81. The van der Waals surface area contributed by atoms with E-state index in [1.807, 2.05) is 13.0 Å². The largest absolute Gasteiger partial charge is 1.00 e. The molecule has 0 spiro atoms. The van der Waals surface area contributed by atoms with Gasteiger partial charge in [-0.3, -0.25) is 9.59 Å². The number of nitrogens with zero attached hydrogens (tertiary/aromatic N) is 1. The van der Waals surface area contributed by atoms with Crippen LogP contribution in [0, 0.1) is 25.4 Å². The summed E-state index contributed by atoms with van der Waals surface area (Å²) in [6.45, 7) is 5.46.